The van der Waals surface area contributed by atoms with Crippen molar-refractivity contribution < 1.29 is 35.9 Å². The number of nitrogens with one attached hydrogen (secondary N) is 1. The third-order valence-corrected chi connectivity index (χ3v) is 4.70. The molecule has 0 saturated carbocycles. The van der Waals surface area contributed by atoms with Gasteiger partial charge < -0.3 is 4.74 Å². The summed E-state index contributed by atoms with van der Waals surface area (Å²) in [5, 5.41) is 3.65. The number of fused-ring (bicyclic) bond motifs is 1. The number of rotatable bonds is 3. The van der Waals surface area contributed by atoms with Gasteiger partial charge in [-0.2, -0.15) is 31.4 Å². The first-order valence-corrected chi connectivity index (χ1v) is 9.19. The fourth-order valence-corrected chi connectivity index (χ4v) is 3.08. The summed E-state index contributed by atoms with van der Waals surface area (Å²) in [5.41, 5.74) is -0.755. The molecule has 0 saturated heterocycles. The van der Waals surface area contributed by atoms with Gasteiger partial charge >= 0.3 is 12.4 Å². The van der Waals surface area contributed by atoms with Gasteiger partial charge in [0.15, 0.2) is 0 Å². The van der Waals surface area contributed by atoms with Gasteiger partial charge in [-0.25, -0.2) is 5.43 Å². The molecule has 1 aliphatic rings. The summed E-state index contributed by atoms with van der Waals surface area (Å²) in [6.07, 6.45) is -7.27. The van der Waals surface area contributed by atoms with Crippen LogP contribution in [0.4, 0.5) is 26.3 Å². The molecule has 1 amide bonds. The Balaban J connectivity index is 1.77. The molecule has 1 aliphatic heterocycles. The highest BCUT2D eigenvalue weighted by atomic mass is 19.4. The monoisotopic (exact) mass is 444 g/mol. The normalized spacial score (nSPS) is 16.0. The Labute approximate surface area is 173 Å². The number of halogens is 6. The second-order valence-electron chi connectivity index (χ2n) is 7.72. The largest absolute Gasteiger partial charge is 0.488 e. The van der Waals surface area contributed by atoms with Crippen LogP contribution in [0.1, 0.15) is 52.9 Å². The van der Waals surface area contributed by atoms with Crippen molar-refractivity contribution in [1.29, 1.82) is 0 Å². The lowest BCUT2D eigenvalue weighted by atomic mass is 9.93. The van der Waals surface area contributed by atoms with E-state index in [4.69, 9.17) is 4.74 Å². The quantitative estimate of drug-likeness (QED) is 0.381. The Hall–Kier alpha value is -3.04. The highest BCUT2D eigenvalue weighted by Crippen LogP contribution is 2.36. The highest BCUT2D eigenvalue weighted by molar-refractivity contribution is 5.95. The van der Waals surface area contributed by atoms with E-state index in [0.29, 0.717) is 17.7 Å². The number of carbonyl (C=O) groups excluding carboxylic acids is 1. The third-order valence-electron chi connectivity index (χ3n) is 4.70. The summed E-state index contributed by atoms with van der Waals surface area (Å²) < 4.78 is 83.4. The second-order valence-corrected chi connectivity index (χ2v) is 7.72. The number of hydrogen-bond donors (Lipinski definition) is 1. The maximum atomic E-state index is 12.9. The molecule has 0 aromatic heterocycles. The summed E-state index contributed by atoms with van der Waals surface area (Å²) in [6, 6.07) is 5.84. The molecule has 31 heavy (non-hydrogen) atoms. The van der Waals surface area contributed by atoms with E-state index < -0.39 is 35.0 Å². The van der Waals surface area contributed by atoms with Gasteiger partial charge in [0.05, 0.1) is 17.3 Å². The van der Waals surface area contributed by atoms with Crippen LogP contribution < -0.4 is 10.2 Å². The van der Waals surface area contributed by atoms with E-state index >= 15 is 0 Å². The van der Waals surface area contributed by atoms with Crippen molar-refractivity contribution in [3.63, 3.8) is 0 Å². The maximum absolute atomic E-state index is 12.9. The van der Waals surface area contributed by atoms with Crippen molar-refractivity contribution in [2.45, 2.75) is 44.6 Å². The van der Waals surface area contributed by atoms with E-state index in [0.717, 1.165) is 24.2 Å². The van der Waals surface area contributed by atoms with Gasteiger partial charge in [0.25, 0.3) is 5.91 Å². The summed E-state index contributed by atoms with van der Waals surface area (Å²) in [6.45, 7) is 3.94. The van der Waals surface area contributed by atoms with Gasteiger partial charge in [-0.1, -0.05) is 0 Å². The van der Waals surface area contributed by atoms with Crippen molar-refractivity contribution >= 4 is 12.1 Å². The lowest BCUT2D eigenvalue weighted by Gasteiger charge is -2.32. The number of aryl methyl sites for hydroxylation is 1. The van der Waals surface area contributed by atoms with Crippen LogP contribution in [-0.4, -0.2) is 17.7 Å². The van der Waals surface area contributed by atoms with E-state index in [1.165, 1.54) is 6.21 Å². The van der Waals surface area contributed by atoms with Crippen LogP contribution in [0.15, 0.2) is 41.5 Å². The van der Waals surface area contributed by atoms with Crippen LogP contribution in [0.25, 0.3) is 0 Å². The minimum Gasteiger partial charge on any atom is -0.488 e. The minimum atomic E-state index is -5.04. The Kier molecular flexibility index (Phi) is 5.77. The average Bonchev–Trinajstić information content (AvgIpc) is 2.65. The first kappa shape index (κ1) is 22.6. The Bertz CT molecular complexity index is 993. The zero-order valence-corrected chi connectivity index (χ0v) is 16.5. The number of alkyl halides is 6. The van der Waals surface area contributed by atoms with Crippen LogP contribution in [0.2, 0.25) is 0 Å². The molecule has 4 nitrogen and oxygen atoms in total. The number of hydrazone groups is 1. The van der Waals surface area contributed by atoms with Crippen LogP contribution in [0.5, 0.6) is 5.75 Å². The molecule has 0 radical (unpaired) electrons. The molecule has 0 aliphatic carbocycles. The van der Waals surface area contributed by atoms with Crippen LogP contribution in [0.3, 0.4) is 0 Å². The zero-order valence-electron chi connectivity index (χ0n) is 16.5. The van der Waals surface area contributed by atoms with Gasteiger partial charge in [-0.05, 0) is 74.2 Å². The lowest BCUT2D eigenvalue weighted by molar-refractivity contribution is -0.143. The molecule has 1 N–H and O–H groups in total. The standard InChI is InChI=1S/C21H18F6N2O2/c1-19(2)6-5-13-7-12(3-4-17(13)31-19)11-28-29-18(30)14-8-15(20(22,23)24)10-16(9-14)21(25,26)27/h3-4,7-11H,5-6H2,1-2H3,(H,29,30)/b28-11+. The van der Waals surface area contributed by atoms with E-state index in [9.17, 15) is 31.1 Å². The summed E-state index contributed by atoms with van der Waals surface area (Å²) in [4.78, 5) is 12.1. The average molecular weight is 444 g/mol. The molecule has 166 valence electrons. The molecule has 2 aromatic carbocycles. The van der Waals surface area contributed by atoms with Crippen molar-refractivity contribution in [2.75, 3.05) is 0 Å². The molecule has 0 fully saturated rings. The Morgan fingerprint density at radius 1 is 1.03 bits per heavy atom. The third kappa shape index (κ3) is 5.56. The van der Waals surface area contributed by atoms with Crippen molar-refractivity contribution in [3.05, 3.63) is 64.2 Å². The predicted molar refractivity (Wildman–Crippen MR) is 101 cm³/mol. The van der Waals surface area contributed by atoms with E-state index in [2.05, 4.69) is 5.10 Å². The first-order chi connectivity index (χ1) is 14.2. The molecule has 0 atom stereocenters. The molecular weight excluding hydrogens is 426 g/mol. The minimum absolute atomic E-state index is 0.0451. The first-order valence-electron chi connectivity index (χ1n) is 9.19. The van der Waals surface area contributed by atoms with Gasteiger partial charge in [-0.3, -0.25) is 4.79 Å². The molecule has 10 heteroatoms. The number of ether oxygens (including phenoxy) is 1. The van der Waals surface area contributed by atoms with E-state index in [1.54, 1.807) is 18.2 Å². The molecule has 1 heterocycles. The van der Waals surface area contributed by atoms with Gasteiger partial charge in [0, 0.05) is 5.56 Å². The number of hydrogen-bond acceptors (Lipinski definition) is 3. The van der Waals surface area contributed by atoms with Crippen molar-refractivity contribution in [1.82, 2.24) is 5.43 Å². The molecule has 0 bridgehead atoms. The highest BCUT2D eigenvalue weighted by Gasteiger charge is 2.37. The Morgan fingerprint density at radius 2 is 1.65 bits per heavy atom. The van der Waals surface area contributed by atoms with E-state index in [-0.39, 0.29) is 11.7 Å². The number of benzene rings is 2. The molecular formula is C21H18F6N2O2. The number of amides is 1. The van der Waals surface area contributed by atoms with Crippen LogP contribution in [0, 0.1) is 0 Å². The smallest absolute Gasteiger partial charge is 0.416 e. The molecule has 0 spiro atoms. The predicted octanol–water partition coefficient (Wildman–Crippen LogP) is 5.59. The molecule has 3 rings (SSSR count). The summed E-state index contributed by atoms with van der Waals surface area (Å²) in [5.74, 6) is -0.475. The number of carbonyl (C=O) groups is 1. The number of nitrogens with zero attached hydrogens (tertiary/aromatic N) is 1. The summed E-state index contributed by atoms with van der Waals surface area (Å²) in [7, 11) is 0. The lowest BCUT2D eigenvalue weighted by Crippen LogP contribution is -2.32. The van der Waals surface area contributed by atoms with Gasteiger partial charge in [-0.15, -0.1) is 0 Å². The maximum Gasteiger partial charge on any atom is 0.416 e. The fourth-order valence-electron chi connectivity index (χ4n) is 3.08. The fraction of sp³-hybridized carbons (Fsp3) is 0.333. The Morgan fingerprint density at radius 3 is 2.23 bits per heavy atom. The second kappa shape index (κ2) is 7.90. The zero-order chi connectivity index (χ0) is 23.0. The van der Waals surface area contributed by atoms with Crippen molar-refractivity contribution in [3.8, 4) is 5.75 Å². The molecule has 0 unspecified atom stereocenters. The molecule has 2 aromatic rings. The topological polar surface area (TPSA) is 50.7 Å². The van der Waals surface area contributed by atoms with E-state index in [1.807, 2.05) is 19.3 Å². The van der Waals surface area contributed by atoms with Gasteiger partial charge in [0.2, 0.25) is 0 Å². The summed E-state index contributed by atoms with van der Waals surface area (Å²) >= 11 is 0. The van der Waals surface area contributed by atoms with Gasteiger partial charge in [0.1, 0.15) is 11.4 Å². The SMILES string of the molecule is CC1(C)CCc2cc(/C=N/NC(=O)c3cc(C(F)(F)F)cc(C(F)(F)F)c3)ccc2O1. The van der Waals surface area contributed by atoms with Crippen molar-refractivity contribution in [2.24, 2.45) is 5.10 Å². The van der Waals surface area contributed by atoms with Crippen LogP contribution >= 0.6 is 0 Å². The van der Waals surface area contributed by atoms with Crippen LogP contribution in [-0.2, 0) is 18.8 Å².